The second-order valence-corrected chi connectivity index (χ2v) is 12.8. The Morgan fingerprint density at radius 1 is 1.18 bits per heavy atom. The summed E-state index contributed by atoms with van der Waals surface area (Å²) in [5.41, 5.74) is 0.236. The molecule has 15 heteroatoms. The van der Waals surface area contributed by atoms with E-state index in [4.69, 9.17) is 0 Å². The highest BCUT2D eigenvalue weighted by molar-refractivity contribution is 8.14. The van der Waals surface area contributed by atoms with E-state index in [2.05, 4.69) is 30.6 Å². The van der Waals surface area contributed by atoms with Gasteiger partial charge in [-0.3, -0.25) is 9.79 Å². The minimum absolute atomic E-state index is 0.0300. The van der Waals surface area contributed by atoms with Crippen molar-refractivity contribution in [2.24, 2.45) is 10.9 Å². The lowest BCUT2D eigenvalue weighted by Crippen LogP contribution is -2.18. The number of alkyl halides is 4. The topological polar surface area (TPSA) is 129 Å². The van der Waals surface area contributed by atoms with E-state index < -0.39 is 46.3 Å². The first kappa shape index (κ1) is 26.4. The van der Waals surface area contributed by atoms with Crippen LogP contribution in [0.5, 0.6) is 0 Å². The summed E-state index contributed by atoms with van der Waals surface area (Å²) in [6.07, 6.45) is -2.55. The number of imidazole rings is 1. The molecule has 2 aliphatic rings. The fourth-order valence-electron chi connectivity index (χ4n) is 3.92. The number of anilines is 3. The number of aromatic amines is 1. The summed E-state index contributed by atoms with van der Waals surface area (Å²) in [5, 5.41) is 5.85. The van der Waals surface area contributed by atoms with Gasteiger partial charge >= 0.3 is 0 Å². The molecule has 9 nitrogen and oxygen atoms in total. The molecule has 202 valence electrons. The molecule has 38 heavy (non-hydrogen) atoms. The number of carbonyl (C=O) groups is 1. The fourth-order valence-corrected chi connectivity index (χ4v) is 5.94. The molecule has 2 aromatic heterocycles. The zero-order chi connectivity index (χ0) is 27.6. The number of nitrogens with zero attached hydrogens (tertiary/aromatic N) is 3. The van der Waals surface area contributed by atoms with Crippen LogP contribution in [0.25, 0.3) is 11.2 Å². The van der Waals surface area contributed by atoms with Crippen LogP contribution in [-0.4, -0.2) is 57.8 Å². The molecule has 0 radical (unpaired) electrons. The van der Waals surface area contributed by atoms with Crippen molar-refractivity contribution in [3.05, 3.63) is 35.7 Å². The van der Waals surface area contributed by atoms with Crippen molar-refractivity contribution in [2.75, 3.05) is 22.6 Å². The number of halogens is 4. The van der Waals surface area contributed by atoms with Crippen LogP contribution in [0.4, 0.5) is 34.8 Å². The largest absolute Gasteiger partial charge is 0.352 e. The molecule has 3 N–H and O–H groups in total. The Labute approximate surface area is 218 Å². The van der Waals surface area contributed by atoms with E-state index in [0.717, 1.165) is 12.0 Å². The smallest absolute Gasteiger partial charge is 0.295 e. The highest BCUT2D eigenvalue weighted by Gasteiger charge is 2.61. The number of H-pyrrole nitrogens is 1. The van der Waals surface area contributed by atoms with Crippen LogP contribution >= 0.6 is 11.8 Å². The third-order valence-corrected chi connectivity index (χ3v) is 8.52. The summed E-state index contributed by atoms with van der Waals surface area (Å²) < 4.78 is 78.8. The monoisotopic (exact) mass is 570 g/mol. The summed E-state index contributed by atoms with van der Waals surface area (Å²) >= 11 is 1.50. The van der Waals surface area contributed by atoms with E-state index in [9.17, 15) is 30.8 Å². The lowest BCUT2D eigenvalue weighted by atomic mass is 10.1. The normalized spacial score (nSPS) is 20.0. The Bertz CT molecular complexity index is 1600. The van der Waals surface area contributed by atoms with Gasteiger partial charge < -0.3 is 15.6 Å². The molecular weight excluding hydrogens is 548 g/mol. The Balaban J connectivity index is 1.56. The van der Waals surface area contributed by atoms with E-state index in [1.807, 2.05) is 13.8 Å². The minimum atomic E-state index is -3.78. The molecule has 0 saturated heterocycles. The number of hydrogen-bond donors (Lipinski definition) is 3. The third-order valence-electron chi connectivity index (χ3n) is 5.94. The molecule has 0 bridgehead atoms. The highest BCUT2D eigenvalue weighted by atomic mass is 32.2. The van der Waals surface area contributed by atoms with Gasteiger partial charge in [0.1, 0.15) is 17.3 Å². The van der Waals surface area contributed by atoms with Crippen molar-refractivity contribution in [1.29, 1.82) is 0 Å². The number of benzene rings is 1. The van der Waals surface area contributed by atoms with E-state index in [-0.39, 0.29) is 38.8 Å². The molecule has 1 fully saturated rings. The predicted molar refractivity (Wildman–Crippen MR) is 136 cm³/mol. The summed E-state index contributed by atoms with van der Waals surface area (Å²) in [5.74, 6) is -5.77. The fraction of sp³-hybridized carbons (Fsp3) is 0.391. The van der Waals surface area contributed by atoms with Crippen molar-refractivity contribution in [2.45, 2.75) is 43.1 Å². The number of aliphatic imine (C=N–C) groups is 1. The van der Waals surface area contributed by atoms with Crippen molar-refractivity contribution >= 4 is 60.9 Å². The highest BCUT2D eigenvalue weighted by Crippen LogP contribution is 2.49. The Hall–Kier alpha value is -3.20. The maximum absolute atomic E-state index is 13.4. The summed E-state index contributed by atoms with van der Waals surface area (Å²) in [6.45, 7) is 3.93. The number of carbonyl (C=O) groups excluding carboxylic acids is 1. The van der Waals surface area contributed by atoms with Crippen LogP contribution in [0.15, 0.2) is 34.2 Å². The lowest BCUT2D eigenvalue weighted by molar-refractivity contribution is -0.119. The third kappa shape index (κ3) is 5.21. The average molecular weight is 571 g/mol. The lowest BCUT2D eigenvalue weighted by Gasteiger charge is -2.14. The van der Waals surface area contributed by atoms with Crippen molar-refractivity contribution < 1.29 is 30.8 Å². The molecule has 1 saturated carbocycles. The van der Waals surface area contributed by atoms with Gasteiger partial charge in [-0.25, -0.2) is 35.9 Å². The molecule has 5 rings (SSSR count). The first-order chi connectivity index (χ1) is 17.6. The Kier molecular flexibility index (Phi) is 6.21. The van der Waals surface area contributed by atoms with Gasteiger partial charge in [0, 0.05) is 30.1 Å². The van der Waals surface area contributed by atoms with Crippen molar-refractivity contribution in [1.82, 2.24) is 15.0 Å². The van der Waals surface area contributed by atoms with Crippen molar-refractivity contribution in [3.8, 4) is 0 Å². The number of amides is 1. The molecule has 1 amide bonds. The summed E-state index contributed by atoms with van der Waals surface area (Å²) in [6, 6.07) is 5.87. The van der Waals surface area contributed by atoms with Gasteiger partial charge in [-0.2, -0.15) is 0 Å². The summed E-state index contributed by atoms with van der Waals surface area (Å²) in [4.78, 5) is 27.0. The van der Waals surface area contributed by atoms with Crippen LogP contribution < -0.4 is 10.6 Å². The molecule has 1 aromatic carbocycles. The standard InChI is InChI=1S/C23H22F4N6O3S2/c1-22(2)9-37-21(33-22)10-4-5-12(14(6-10)38(3,35)36)28-13-7-15(30-20(34)11-8-23(11,26)27)29-18-16(13)31-19(32-18)17(24)25/h4-7,11,17H,8-9H2,1-3H3,(H3,28,29,30,31,32,34). The van der Waals surface area contributed by atoms with Gasteiger partial charge in [-0.15, -0.1) is 11.8 Å². The summed E-state index contributed by atoms with van der Waals surface area (Å²) in [7, 11) is -3.78. The number of aromatic nitrogens is 3. The van der Waals surface area contributed by atoms with Gasteiger partial charge in [-0.1, -0.05) is 6.07 Å². The molecule has 1 atom stereocenters. The maximum atomic E-state index is 13.4. The van der Waals surface area contributed by atoms with Gasteiger partial charge in [-0.05, 0) is 26.0 Å². The van der Waals surface area contributed by atoms with Crippen LogP contribution in [-0.2, 0) is 14.6 Å². The van der Waals surface area contributed by atoms with E-state index in [1.165, 1.54) is 30.0 Å². The van der Waals surface area contributed by atoms with Gasteiger partial charge in [0.2, 0.25) is 5.91 Å². The van der Waals surface area contributed by atoms with Crippen LogP contribution in [0.2, 0.25) is 0 Å². The number of pyridine rings is 1. The number of thioether (sulfide) groups is 1. The second-order valence-electron chi connectivity index (χ2n) is 9.81. The molecular formula is C23H22F4N6O3S2. The maximum Gasteiger partial charge on any atom is 0.295 e. The number of hydrogen-bond acceptors (Lipinski definition) is 8. The zero-order valence-electron chi connectivity index (χ0n) is 20.3. The molecule has 3 heterocycles. The Morgan fingerprint density at radius 2 is 1.89 bits per heavy atom. The van der Waals surface area contributed by atoms with E-state index >= 15 is 0 Å². The first-order valence-electron chi connectivity index (χ1n) is 11.3. The molecule has 3 aromatic rings. The van der Waals surface area contributed by atoms with E-state index in [1.54, 1.807) is 6.07 Å². The van der Waals surface area contributed by atoms with Crippen LogP contribution in [0, 0.1) is 5.92 Å². The number of fused-ring (bicyclic) bond motifs is 1. The minimum Gasteiger partial charge on any atom is -0.352 e. The molecule has 0 spiro atoms. The molecule has 1 unspecified atom stereocenters. The average Bonchev–Trinajstić information content (AvgIpc) is 3.11. The van der Waals surface area contributed by atoms with Gasteiger partial charge in [0.15, 0.2) is 21.3 Å². The van der Waals surface area contributed by atoms with Crippen LogP contribution in [0.3, 0.4) is 0 Å². The second kappa shape index (κ2) is 8.93. The zero-order valence-corrected chi connectivity index (χ0v) is 21.9. The van der Waals surface area contributed by atoms with E-state index in [0.29, 0.717) is 10.6 Å². The SMILES string of the molecule is CC1(C)CSC(c2ccc(Nc3cc(NC(=O)C4CC4(F)F)nc4[nH]c(C(F)F)nc34)c(S(C)(=O)=O)c2)=N1. The number of nitrogens with one attached hydrogen (secondary N) is 3. The van der Waals surface area contributed by atoms with Crippen LogP contribution in [0.1, 0.15) is 38.1 Å². The number of sulfone groups is 1. The van der Waals surface area contributed by atoms with Gasteiger partial charge in [0.25, 0.3) is 12.3 Å². The Morgan fingerprint density at radius 3 is 2.47 bits per heavy atom. The van der Waals surface area contributed by atoms with Crippen molar-refractivity contribution in [3.63, 3.8) is 0 Å². The predicted octanol–water partition coefficient (Wildman–Crippen LogP) is 4.91. The molecule has 1 aliphatic heterocycles. The molecule has 1 aliphatic carbocycles. The quantitative estimate of drug-likeness (QED) is 0.344. The first-order valence-corrected chi connectivity index (χ1v) is 14.2. The number of rotatable bonds is 7. The van der Waals surface area contributed by atoms with Gasteiger partial charge in [0.05, 0.1) is 26.9 Å².